The number of fused-ring (bicyclic) bond motifs is 1. The molecule has 4 aromatic rings. The Morgan fingerprint density at radius 2 is 1.79 bits per heavy atom. The Labute approximate surface area is 261 Å². The molecule has 2 aromatic heterocycles. The number of methoxy groups -OCH3 is 2. The maximum absolute atomic E-state index is 14.1. The van der Waals surface area contributed by atoms with Crippen molar-refractivity contribution in [3.05, 3.63) is 105 Å². The number of ether oxygens (including phenoxy) is 3. The standard InChI is InChI=1S/C32H32IN3O5S/c1-8-41-31(38)28-19(4)34-32-36(29(28)21-9-12-25(39-6)26(15-21)40-7)30(37)27(42-32)16-22-14-18(3)35(20(22)5)23-10-11-24(33)17(2)13-23/h9-16,29H,8H2,1-7H3/b27-16+/t29-/m1/s1. The highest BCUT2D eigenvalue weighted by Gasteiger charge is 2.34. The Kier molecular flexibility index (Phi) is 8.47. The van der Waals surface area contributed by atoms with Crippen molar-refractivity contribution in [2.24, 2.45) is 4.99 Å². The van der Waals surface area contributed by atoms with E-state index in [-0.39, 0.29) is 12.2 Å². The van der Waals surface area contributed by atoms with Crippen molar-refractivity contribution in [2.75, 3.05) is 20.8 Å². The number of esters is 1. The van der Waals surface area contributed by atoms with E-state index in [1.165, 1.54) is 20.5 Å². The van der Waals surface area contributed by atoms with E-state index in [1.807, 2.05) is 12.1 Å². The normalized spacial score (nSPS) is 15.0. The molecule has 5 rings (SSSR count). The molecule has 8 nitrogen and oxygen atoms in total. The summed E-state index contributed by atoms with van der Waals surface area (Å²) in [5, 5.41) is 0. The van der Waals surface area contributed by atoms with Crippen molar-refractivity contribution >= 4 is 46.0 Å². The van der Waals surface area contributed by atoms with Crippen LogP contribution in [0.5, 0.6) is 11.5 Å². The molecule has 0 bridgehead atoms. The SMILES string of the molecule is CCOC(=O)C1=C(C)N=c2s/c(=C/c3cc(C)n(-c4ccc(I)c(C)c4)c3C)c(=O)n2[C@@H]1c1ccc(OC)c(OC)c1. The highest BCUT2D eigenvalue weighted by atomic mass is 127. The van der Waals surface area contributed by atoms with Crippen molar-refractivity contribution in [1.29, 1.82) is 0 Å². The molecule has 0 saturated heterocycles. The van der Waals surface area contributed by atoms with Crippen molar-refractivity contribution < 1.29 is 19.0 Å². The van der Waals surface area contributed by atoms with Crippen LogP contribution in [0.1, 0.15) is 48.0 Å². The fraction of sp³-hybridized carbons (Fsp3) is 0.281. The minimum atomic E-state index is -0.746. The summed E-state index contributed by atoms with van der Waals surface area (Å²) in [7, 11) is 3.11. The van der Waals surface area contributed by atoms with Gasteiger partial charge in [-0.05, 0) is 116 Å². The van der Waals surface area contributed by atoms with Gasteiger partial charge in [0.05, 0.1) is 42.7 Å². The maximum Gasteiger partial charge on any atom is 0.338 e. The highest BCUT2D eigenvalue weighted by Crippen LogP contribution is 2.36. The molecule has 0 fully saturated rings. The maximum atomic E-state index is 14.1. The number of hydrogen-bond acceptors (Lipinski definition) is 7. The van der Waals surface area contributed by atoms with Crippen LogP contribution in [0.3, 0.4) is 0 Å². The van der Waals surface area contributed by atoms with Gasteiger partial charge < -0.3 is 18.8 Å². The van der Waals surface area contributed by atoms with Crippen molar-refractivity contribution in [2.45, 2.75) is 40.7 Å². The van der Waals surface area contributed by atoms with Crippen LogP contribution in [-0.4, -0.2) is 35.9 Å². The van der Waals surface area contributed by atoms with Crippen molar-refractivity contribution in [3.8, 4) is 17.2 Å². The topological polar surface area (TPSA) is 84.1 Å². The van der Waals surface area contributed by atoms with Gasteiger partial charge >= 0.3 is 5.97 Å². The zero-order valence-electron chi connectivity index (χ0n) is 24.6. The highest BCUT2D eigenvalue weighted by molar-refractivity contribution is 14.1. The molecule has 0 saturated carbocycles. The molecule has 3 heterocycles. The fourth-order valence-corrected chi connectivity index (χ4v) is 6.74. The van der Waals surface area contributed by atoms with E-state index in [4.69, 9.17) is 19.2 Å². The van der Waals surface area contributed by atoms with Gasteiger partial charge in [-0.3, -0.25) is 9.36 Å². The Bertz CT molecular complexity index is 1930. The van der Waals surface area contributed by atoms with E-state index in [2.05, 4.69) is 72.2 Å². The third-order valence-electron chi connectivity index (χ3n) is 7.40. The lowest BCUT2D eigenvalue weighted by molar-refractivity contribution is -0.139. The molecular weight excluding hydrogens is 665 g/mol. The number of thiazole rings is 1. The van der Waals surface area contributed by atoms with E-state index >= 15 is 0 Å². The molecule has 1 atom stereocenters. The molecule has 0 unspecified atom stereocenters. The first-order chi connectivity index (χ1) is 20.1. The summed E-state index contributed by atoms with van der Waals surface area (Å²) >= 11 is 3.64. The first kappa shape index (κ1) is 29.8. The summed E-state index contributed by atoms with van der Waals surface area (Å²) in [6.07, 6.45) is 1.91. The van der Waals surface area contributed by atoms with Gasteiger partial charge in [-0.15, -0.1) is 0 Å². The van der Waals surface area contributed by atoms with E-state index in [9.17, 15) is 9.59 Å². The monoisotopic (exact) mass is 697 g/mol. The summed E-state index contributed by atoms with van der Waals surface area (Å²) in [4.78, 5) is 32.6. The second-order valence-corrected chi connectivity index (χ2v) is 12.2. The zero-order valence-corrected chi connectivity index (χ0v) is 27.5. The Balaban J connectivity index is 1.70. The van der Waals surface area contributed by atoms with Gasteiger partial charge in [-0.2, -0.15) is 0 Å². The quantitative estimate of drug-likeness (QED) is 0.198. The van der Waals surface area contributed by atoms with Crippen molar-refractivity contribution in [3.63, 3.8) is 0 Å². The smallest absolute Gasteiger partial charge is 0.338 e. The lowest BCUT2D eigenvalue weighted by atomic mass is 9.95. The Hall–Kier alpha value is -3.64. The van der Waals surface area contributed by atoms with Crippen LogP contribution in [0.15, 0.2) is 63.5 Å². The largest absolute Gasteiger partial charge is 0.493 e. The number of carbonyl (C=O) groups is 1. The number of allylic oxidation sites excluding steroid dienone is 1. The van der Waals surface area contributed by atoms with Gasteiger partial charge in [0.15, 0.2) is 16.3 Å². The third kappa shape index (κ3) is 5.22. The second kappa shape index (κ2) is 11.9. The van der Waals surface area contributed by atoms with Gasteiger partial charge in [0, 0.05) is 20.6 Å². The fourth-order valence-electron chi connectivity index (χ4n) is 5.37. The van der Waals surface area contributed by atoms with E-state index in [0.29, 0.717) is 37.7 Å². The first-order valence-corrected chi connectivity index (χ1v) is 15.4. The summed E-state index contributed by atoms with van der Waals surface area (Å²) < 4.78 is 21.9. The molecule has 42 heavy (non-hydrogen) atoms. The minimum absolute atomic E-state index is 0.203. The van der Waals surface area contributed by atoms with Crippen LogP contribution in [0, 0.1) is 24.3 Å². The van der Waals surface area contributed by atoms with Crippen LogP contribution < -0.4 is 24.4 Å². The molecule has 0 radical (unpaired) electrons. The van der Waals surface area contributed by atoms with Gasteiger partial charge in [0.25, 0.3) is 5.56 Å². The number of carbonyl (C=O) groups excluding carboxylic acids is 1. The van der Waals surface area contributed by atoms with E-state index in [0.717, 1.165) is 22.6 Å². The van der Waals surface area contributed by atoms with Crippen LogP contribution in [-0.2, 0) is 9.53 Å². The van der Waals surface area contributed by atoms with Crippen molar-refractivity contribution in [1.82, 2.24) is 9.13 Å². The lowest BCUT2D eigenvalue weighted by Crippen LogP contribution is -2.40. The molecule has 0 spiro atoms. The molecule has 218 valence electrons. The lowest BCUT2D eigenvalue weighted by Gasteiger charge is -2.25. The number of nitrogens with zero attached hydrogens (tertiary/aromatic N) is 3. The molecule has 0 aliphatic carbocycles. The van der Waals surface area contributed by atoms with Crippen LogP contribution in [0.2, 0.25) is 0 Å². The molecule has 1 aliphatic rings. The molecule has 0 amide bonds. The van der Waals surface area contributed by atoms with Crippen LogP contribution in [0.25, 0.3) is 11.8 Å². The number of hydrogen-bond donors (Lipinski definition) is 0. The van der Waals surface area contributed by atoms with E-state index in [1.54, 1.807) is 44.8 Å². The van der Waals surface area contributed by atoms with Crippen LogP contribution in [0.4, 0.5) is 0 Å². The average molecular weight is 698 g/mol. The predicted octanol–water partition coefficient (Wildman–Crippen LogP) is 5.14. The van der Waals surface area contributed by atoms with Gasteiger partial charge in [-0.25, -0.2) is 9.79 Å². The van der Waals surface area contributed by atoms with Gasteiger partial charge in [0.2, 0.25) is 0 Å². The zero-order chi connectivity index (χ0) is 30.3. The Morgan fingerprint density at radius 1 is 1.05 bits per heavy atom. The average Bonchev–Trinajstić information content (AvgIpc) is 3.42. The summed E-state index contributed by atoms with van der Waals surface area (Å²) in [6, 6.07) is 13.1. The summed E-state index contributed by atoms with van der Waals surface area (Å²) in [6.45, 7) is 9.94. The van der Waals surface area contributed by atoms with Crippen LogP contribution >= 0.6 is 33.9 Å². The molecule has 1 aliphatic heterocycles. The van der Waals surface area contributed by atoms with Gasteiger partial charge in [0.1, 0.15) is 0 Å². The van der Waals surface area contributed by atoms with E-state index < -0.39 is 12.0 Å². The Morgan fingerprint density at radius 3 is 2.45 bits per heavy atom. The molecule has 10 heteroatoms. The molecular formula is C32H32IN3O5S. The third-order valence-corrected chi connectivity index (χ3v) is 9.59. The predicted molar refractivity (Wildman–Crippen MR) is 173 cm³/mol. The molecule has 2 aromatic carbocycles. The second-order valence-electron chi connectivity index (χ2n) is 10.0. The summed E-state index contributed by atoms with van der Waals surface area (Å²) in [5.74, 6) is 0.531. The number of benzene rings is 2. The first-order valence-electron chi connectivity index (χ1n) is 13.5. The van der Waals surface area contributed by atoms with Gasteiger partial charge in [-0.1, -0.05) is 17.4 Å². The minimum Gasteiger partial charge on any atom is -0.493 e. The number of rotatable bonds is 7. The number of aryl methyl sites for hydroxylation is 2. The number of aromatic nitrogens is 2. The summed E-state index contributed by atoms with van der Waals surface area (Å²) in [5.41, 5.74) is 6.59. The number of halogens is 1. The molecule has 0 N–H and O–H groups in total.